The number of amides is 2. The van der Waals surface area contributed by atoms with Gasteiger partial charge in [-0.25, -0.2) is 0 Å². The molecule has 104 valence electrons. The van der Waals surface area contributed by atoms with Crippen molar-refractivity contribution in [3.8, 4) is 0 Å². The summed E-state index contributed by atoms with van der Waals surface area (Å²) >= 11 is 0. The fourth-order valence-electron chi connectivity index (χ4n) is 2.57. The molecule has 2 aromatic rings. The molecule has 7 heteroatoms. The number of benzene rings is 2. The van der Waals surface area contributed by atoms with Gasteiger partial charge in [0.25, 0.3) is 11.8 Å². The van der Waals surface area contributed by atoms with Gasteiger partial charge in [-0.15, -0.1) is 0 Å². The maximum Gasteiger partial charge on any atom is 0.261 e. The molecule has 1 N–H and O–H groups in total. The zero-order chi connectivity index (χ0) is 15.0. The zero-order valence-corrected chi connectivity index (χ0v) is 10.9. The van der Waals surface area contributed by atoms with Crippen LogP contribution in [-0.4, -0.2) is 35.0 Å². The van der Waals surface area contributed by atoms with Crippen molar-refractivity contribution in [1.29, 1.82) is 0 Å². The van der Waals surface area contributed by atoms with E-state index in [1.54, 1.807) is 24.3 Å². The Kier molecular flexibility index (Phi) is 3.06. The Balaban J connectivity index is 2.35. The monoisotopic (exact) mass is 282 g/mol. The largest absolute Gasteiger partial charge is 0.395 e. The first-order valence-electron chi connectivity index (χ1n) is 6.27. The van der Waals surface area contributed by atoms with Crippen LogP contribution >= 0.6 is 0 Å². The van der Waals surface area contributed by atoms with E-state index in [4.69, 9.17) is 10.6 Å². The molecule has 0 saturated heterocycles. The van der Waals surface area contributed by atoms with Crippen LogP contribution in [0.1, 0.15) is 20.7 Å². The summed E-state index contributed by atoms with van der Waals surface area (Å²) in [5.41, 5.74) is 9.70. The Hall–Kier alpha value is -2.89. The van der Waals surface area contributed by atoms with Crippen molar-refractivity contribution in [2.45, 2.75) is 0 Å². The number of aliphatic hydroxyl groups excluding tert-OH is 1. The van der Waals surface area contributed by atoms with Gasteiger partial charge in [0.15, 0.2) is 0 Å². The SMILES string of the molecule is [N-]=[N+]=Nc1ccc2c3c(cccc13)C(=O)N(CCO)C2=O. The predicted octanol–water partition coefficient (Wildman–Crippen LogP) is 2.37. The number of carbonyl (C=O) groups excluding carboxylic acids is 2. The van der Waals surface area contributed by atoms with Crippen molar-refractivity contribution >= 4 is 28.3 Å². The smallest absolute Gasteiger partial charge is 0.261 e. The summed E-state index contributed by atoms with van der Waals surface area (Å²) in [5, 5.41) is 13.6. The molecular formula is C14H10N4O3. The lowest BCUT2D eigenvalue weighted by atomic mass is 9.93. The molecule has 0 bridgehead atoms. The molecular weight excluding hydrogens is 272 g/mol. The third-order valence-corrected chi connectivity index (χ3v) is 3.44. The number of nitrogens with zero attached hydrogens (tertiary/aromatic N) is 4. The summed E-state index contributed by atoms with van der Waals surface area (Å²) in [4.78, 5) is 28.5. The van der Waals surface area contributed by atoms with Gasteiger partial charge in [-0.1, -0.05) is 23.3 Å². The standard InChI is InChI=1S/C14H10N4O3/c15-17-16-11-5-4-10-12-8(11)2-1-3-9(12)13(20)18(6-7-19)14(10)21/h1-5,19H,6-7H2. The highest BCUT2D eigenvalue weighted by molar-refractivity contribution is 6.26. The number of hydrogen-bond acceptors (Lipinski definition) is 4. The first-order valence-corrected chi connectivity index (χ1v) is 6.27. The molecule has 2 aromatic carbocycles. The van der Waals surface area contributed by atoms with Crippen molar-refractivity contribution in [2.24, 2.45) is 5.11 Å². The van der Waals surface area contributed by atoms with Gasteiger partial charge in [-0.2, -0.15) is 0 Å². The zero-order valence-electron chi connectivity index (χ0n) is 10.9. The minimum absolute atomic E-state index is 0.0500. The van der Waals surface area contributed by atoms with Crippen molar-refractivity contribution in [3.63, 3.8) is 0 Å². The maximum absolute atomic E-state index is 12.4. The minimum atomic E-state index is -0.453. The molecule has 1 aliphatic rings. The quantitative estimate of drug-likeness (QED) is 0.404. The van der Waals surface area contributed by atoms with Crippen LogP contribution in [0.5, 0.6) is 0 Å². The van der Waals surface area contributed by atoms with Gasteiger partial charge in [0.2, 0.25) is 0 Å². The first-order chi connectivity index (χ1) is 10.2. The molecule has 0 atom stereocenters. The highest BCUT2D eigenvalue weighted by Crippen LogP contribution is 2.35. The van der Waals surface area contributed by atoms with Gasteiger partial charge in [0.1, 0.15) is 0 Å². The second kappa shape index (κ2) is 4.90. The van der Waals surface area contributed by atoms with Gasteiger partial charge in [-0.3, -0.25) is 14.5 Å². The lowest BCUT2D eigenvalue weighted by Gasteiger charge is -2.26. The van der Waals surface area contributed by atoms with Crippen LogP contribution in [0.2, 0.25) is 0 Å². The summed E-state index contributed by atoms with van der Waals surface area (Å²) in [6, 6.07) is 8.07. The Labute approximate surface area is 119 Å². The maximum atomic E-state index is 12.4. The normalized spacial score (nSPS) is 13.5. The second-order valence-corrected chi connectivity index (χ2v) is 4.54. The van der Waals surface area contributed by atoms with E-state index in [-0.39, 0.29) is 13.2 Å². The highest BCUT2D eigenvalue weighted by Gasteiger charge is 2.32. The van der Waals surface area contributed by atoms with Crippen LogP contribution in [0.3, 0.4) is 0 Å². The molecule has 0 saturated carbocycles. The Morgan fingerprint density at radius 1 is 1.14 bits per heavy atom. The summed E-state index contributed by atoms with van der Waals surface area (Å²) in [6.45, 7) is -0.342. The average Bonchev–Trinajstić information content (AvgIpc) is 2.50. The molecule has 0 aliphatic carbocycles. The summed E-state index contributed by atoms with van der Waals surface area (Å²) in [5.74, 6) is -0.907. The van der Waals surface area contributed by atoms with Crippen LogP contribution in [0, 0.1) is 0 Å². The fourth-order valence-corrected chi connectivity index (χ4v) is 2.57. The Morgan fingerprint density at radius 2 is 1.86 bits per heavy atom. The second-order valence-electron chi connectivity index (χ2n) is 4.54. The number of hydrogen-bond donors (Lipinski definition) is 1. The van der Waals surface area contributed by atoms with E-state index in [1.165, 1.54) is 6.07 Å². The average molecular weight is 282 g/mol. The van der Waals surface area contributed by atoms with Crippen molar-refractivity contribution in [1.82, 2.24) is 4.90 Å². The summed E-state index contributed by atoms with van der Waals surface area (Å²) in [7, 11) is 0. The molecule has 1 aliphatic heterocycles. The van der Waals surface area contributed by atoms with E-state index < -0.39 is 11.8 Å². The van der Waals surface area contributed by atoms with Crippen LogP contribution in [0.4, 0.5) is 5.69 Å². The number of aliphatic hydroxyl groups is 1. The van der Waals surface area contributed by atoms with E-state index in [0.29, 0.717) is 27.6 Å². The number of imide groups is 1. The molecule has 7 nitrogen and oxygen atoms in total. The number of carbonyl (C=O) groups is 2. The van der Waals surface area contributed by atoms with Crippen molar-refractivity contribution < 1.29 is 14.7 Å². The molecule has 1 heterocycles. The molecule has 0 radical (unpaired) electrons. The molecule has 0 fully saturated rings. The van der Waals surface area contributed by atoms with Crippen LogP contribution in [0.25, 0.3) is 21.2 Å². The van der Waals surface area contributed by atoms with E-state index in [2.05, 4.69) is 10.0 Å². The number of azide groups is 1. The van der Waals surface area contributed by atoms with Gasteiger partial charge in [0.05, 0.1) is 13.2 Å². The minimum Gasteiger partial charge on any atom is -0.395 e. The summed E-state index contributed by atoms with van der Waals surface area (Å²) < 4.78 is 0. The number of β-amino-alcohol motifs (C(OH)–C–C–N with tert-alkyl or cyclic N) is 1. The topological polar surface area (TPSA) is 106 Å². The van der Waals surface area contributed by atoms with Crippen LogP contribution in [0.15, 0.2) is 35.4 Å². The lowest BCUT2D eigenvalue weighted by Crippen LogP contribution is -2.41. The third-order valence-electron chi connectivity index (χ3n) is 3.44. The lowest BCUT2D eigenvalue weighted by molar-refractivity contribution is 0.0580. The molecule has 0 aromatic heterocycles. The van der Waals surface area contributed by atoms with Gasteiger partial charge in [0, 0.05) is 27.1 Å². The third kappa shape index (κ3) is 1.84. The van der Waals surface area contributed by atoms with Crippen LogP contribution < -0.4 is 0 Å². The molecule has 2 amide bonds. The van der Waals surface area contributed by atoms with Gasteiger partial charge >= 0.3 is 0 Å². The summed E-state index contributed by atoms with van der Waals surface area (Å²) in [6.07, 6.45) is 0. The van der Waals surface area contributed by atoms with Crippen molar-refractivity contribution in [3.05, 3.63) is 51.9 Å². The molecule has 3 rings (SSSR count). The van der Waals surface area contributed by atoms with E-state index in [0.717, 1.165) is 4.90 Å². The highest BCUT2D eigenvalue weighted by atomic mass is 16.3. The Bertz CT molecular complexity index is 802. The fraction of sp³-hybridized carbons (Fsp3) is 0.143. The Morgan fingerprint density at radius 3 is 2.52 bits per heavy atom. The first kappa shape index (κ1) is 13.1. The molecule has 21 heavy (non-hydrogen) atoms. The van der Waals surface area contributed by atoms with E-state index >= 15 is 0 Å². The van der Waals surface area contributed by atoms with Gasteiger partial charge < -0.3 is 5.11 Å². The molecule has 0 unspecified atom stereocenters. The van der Waals surface area contributed by atoms with E-state index in [9.17, 15) is 9.59 Å². The number of rotatable bonds is 3. The predicted molar refractivity (Wildman–Crippen MR) is 75.2 cm³/mol. The van der Waals surface area contributed by atoms with Crippen molar-refractivity contribution in [2.75, 3.05) is 13.2 Å². The van der Waals surface area contributed by atoms with Gasteiger partial charge in [-0.05, 0) is 23.1 Å². The molecule has 0 spiro atoms. The van der Waals surface area contributed by atoms with E-state index in [1.807, 2.05) is 0 Å². The van der Waals surface area contributed by atoms with Crippen LogP contribution in [-0.2, 0) is 0 Å².